The van der Waals surface area contributed by atoms with Gasteiger partial charge in [0.25, 0.3) is 0 Å². The molecule has 0 aliphatic carbocycles. The summed E-state index contributed by atoms with van der Waals surface area (Å²) in [5, 5.41) is 22.6. The molecule has 0 spiro atoms. The Balaban J connectivity index is 2.52. The zero-order valence-corrected chi connectivity index (χ0v) is 10.5. The standard InChI is InChI=1S/C10H10Cl2N2O4/c11-5-1-2-7(6(12)3-5)14-10(18)13-4-8(15)9(16)17/h1-3,8,15H,4H2,(H,16,17)(H2,13,14,18)/t8-/m0/s1. The highest BCUT2D eigenvalue weighted by molar-refractivity contribution is 6.36. The van der Waals surface area contributed by atoms with Crippen LogP contribution in [0.25, 0.3) is 0 Å². The molecule has 1 rings (SSSR count). The van der Waals surface area contributed by atoms with E-state index in [1.165, 1.54) is 18.2 Å². The van der Waals surface area contributed by atoms with Crippen LogP contribution in [0.2, 0.25) is 10.0 Å². The molecule has 0 unspecified atom stereocenters. The number of benzene rings is 1. The van der Waals surface area contributed by atoms with E-state index in [0.717, 1.165) is 0 Å². The molecule has 1 aromatic rings. The summed E-state index contributed by atoms with van der Waals surface area (Å²) in [5.74, 6) is -1.42. The summed E-state index contributed by atoms with van der Waals surface area (Å²) in [7, 11) is 0. The number of anilines is 1. The molecule has 4 N–H and O–H groups in total. The largest absolute Gasteiger partial charge is 0.479 e. The Morgan fingerprint density at radius 2 is 2.00 bits per heavy atom. The van der Waals surface area contributed by atoms with Crippen LogP contribution in [0.15, 0.2) is 18.2 Å². The number of aliphatic carboxylic acids is 1. The van der Waals surface area contributed by atoms with Gasteiger partial charge in [-0.2, -0.15) is 0 Å². The first-order valence-corrected chi connectivity index (χ1v) is 5.56. The van der Waals surface area contributed by atoms with Crippen LogP contribution in [0.3, 0.4) is 0 Å². The van der Waals surface area contributed by atoms with Crippen molar-refractivity contribution in [2.75, 3.05) is 11.9 Å². The molecule has 1 aromatic carbocycles. The topological polar surface area (TPSA) is 98.7 Å². The lowest BCUT2D eigenvalue weighted by molar-refractivity contribution is -0.146. The van der Waals surface area contributed by atoms with Gasteiger partial charge >= 0.3 is 12.0 Å². The summed E-state index contributed by atoms with van der Waals surface area (Å²) in [4.78, 5) is 21.7. The highest BCUT2D eigenvalue weighted by Crippen LogP contribution is 2.25. The monoisotopic (exact) mass is 292 g/mol. The lowest BCUT2D eigenvalue weighted by Gasteiger charge is -2.10. The average Bonchev–Trinajstić information content (AvgIpc) is 2.29. The van der Waals surface area contributed by atoms with Gasteiger partial charge in [0.1, 0.15) is 0 Å². The average molecular weight is 293 g/mol. The van der Waals surface area contributed by atoms with Gasteiger partial charge in [0.15, 0.2) is 6.10 Å². The number of aliphatic hydroxyl groups excluding tert-OH is 1. The zero-order chi connectivity index (χ0) is 13.7. The van der Waals surface area contributed by atoms with Gasteiger partial charge in [-0.15, -0.1) is 0 Å². The van der Waals surface area contributed by atoms with E-state index in [4.69, 9.17) is 33.4 Å². The maximum absolute atomic E-state index is 11.4. The molecule has 0 fully saturated rings. The van der Waals surface area contributed by atoms with Crippen molar-refractivity contribution < 1.29 is 19.8 Å². The molecule has 0 heterocycles. The normalized spacial score (nSPS) is 11.7. The molecule has 0 aromatic heterocycles. The van der Waals surface area contributed by atoms with Gasteiger partial charge in [-0.05, 0) is 18.2 Å². The van der Waals surface area contributed by atoms with Gasteiger partial charge in [-0.25, -0.2) is 9.59 Å². The first kappa shape index (κ1) is 14.6. The fourth-order valence-electron chi connectivity index (χ4n) is 1.03. The minimum absolute atomic E-state index is 0.247. The Labute approximate surface area is 113 Å². The summed E-state index contributed by atoms with van der Waals surface area (Å²) in [6.45, 7) is -0.410. The maximum atomic E-state index is 11.4. The third-order valence-corrected chi connectivity index (χ3v) is 2.47. The Kier molecular flexibility index (Phi) is 5.21. The van der Waals surface area contributed by atoms with Crippen molar-refractivity contribution in [3.05, 3.63) is 28.2 Å². The molecule has 18 heavy (non-hydrogen) atoms. The first-order chi connectivity index (χ1) is 8.40. The van der Waals surface area contributed by atoms with E-state index < -0.39 is 24.6 Å². The Bertz CT molecular complexity index is 467. The minimum Gasteiger partial charge on any atom is -0.479 e. The number of carbonyl (C=O) groups is 2. The van der Waals surface area contributed by atoms with E-state index in [-0.39, 0.29) is 5.02 Å². The lowest BCUT2D eigenvalue weighted by atomic mass is 10.3. The van der Waals surface area contributed by atoms with Gasteiger partial charge in [0.05, 0.1) is 17.3 Å². The van der Waals surface area contributed by atoms with E-state index in [2.05, 4.69) is 10.6 Å². The van der Waals surface area contributed by atoms with Crippen molar-refractivity contribution in [2.24, 2.45) is 0 Å². The van der Waals surface area contributed by atoms with Crippen molar-refractivity contribution in [3.8, 4) is 0 Å². The molecule has 0 bridgehead atoms. The molecule has 98 valence electrons. The van der Waals surface area contributed by atoms with E-state index in [0.29, 0.717) is 10.7 Å². The third kappa shape index (κ3) is 4.40. The van der Waals surface area contributed by atoms with E-state index in [1.807, 2.05) is 0 Å². The van der Waals surface area contributed by atoms with E-state index in [1.54, 1.807) is 0 Å². The molecule has 0 radical (unpaired) electrons. The summed E-state index contributed by atoms with van der Waals surface area (Å²) in [5.41, 5.74) is 0.323. The summed E-state index contributed by atoms with van der Waals surface area (Å²) < 4.78 is 0. The second-order valence-corrected chi connectivity index (χ2v) is 4.16. The van der Waals surface area contributed by atoms with Gasteiger partial charge in [0.2, 0.25) is 0 Å². The van der Waals surface area contributed by atoms with Crippen molar-refractivity contribution >= 4 is 40.9 Å². The van der Waals surface area contributed by atoms with Crippen LogP contribution in [0, 0.1) is 0 Å². The fourth-order valence-corrected chi connectivity index (χ4v) is 1.49. The highest BCUT2D eigenvalue weighted by atomic mass is 35.5. The predicted molar refractivity (Wildman–Crippen MR) is 67.1 cm³/mol. The first-order valence-electron chi connectivity index (χ1n) is 4.81. The van der Waals surface area contributed by atoms with Crippen LogP contribution in [0.5, 0.6) is 0 Å². The Morgan fingerprint density at radius 1 is 1.33 bits per heavy atom. The quantitative estimate of drug-likeness (QED) is 0.677. The summed E-state index contributed by atoms with van der Waals surface area (Å²) >= 11 is 11.5. The van der Waals surface area contributed by atoms with Gasteiger partial charge in [0, 0.05) is 5.02 Å². The number of hydrogen-bond donors (Lipinski definition) is 4. The molecule has 6 nitrogen and oxygen atoms in total. The molecule has 2 amide bonds. The third-order valence-electron chi connectivity index (χ3n) is 1.92. The second kappa shape index (κ2) is 6.44. The number of aliphatic hydroxyl groups is 1. The number of carbonyl (C=O) groups excluding carboxylic acids is 1. The maximum Gasteiger partial charge on any atom is 0.334 e. The van der Waals surface area contributed by atoms with Crippen LogP contribution in [-0.4, -0.2) is 34.9 Å². The van der Waals surface area contributed by atoms with Crippen molar-refractivity contribution in [3.63, 3.8) is 0 Å². The molecular weight excluding hydrogens is 283 g/mol. The van der Waals surface area contributed by atoms with Crippen LogP contribution < -0.4 is 10.6 Å². The molecular formula is C10H10Cl2N2O4. The summed E-state index contributed by atoms with van der Waals surface area (Å²) in [6.07, 6.45) is -1.66. The molecule has 8 heteroatoms. The Hall–Kier alpha value is -1.50. The van der Waals surface area contributed by atoms with Gasteiger partial charge < -0.3 is 20.8 Å². The molecule has 0 saturated heterocycles. The molecule has 0 aliphatic rings. The smallest absolute Gasteiger partial charge is 0.334 e. The highest BCUT2D eigenvalue weighted by Gasteiger charge is 2.14. The van der Waals surface area contributed by atoms with Crippen molar-refractivity contribution in [2.45, 2.75) is 6.10 Å². The SMILES string of the molecule is O=C(NC[C@H](O)C(=O)O)Nc1ccc(Cl)cc1Cl. The van der Waals surface area contributed by atoms with Crippen LogP contribution in [0.1, 0.15) is 0 Å². The number of hydrogen-bond acceptors (Lipinski definition) is 3. The van der Waals surface area contributed by atoms with Gasteiger partial charge in [-0.3, -0.25) is 0 Å². The van der Waals surface area contributed by atoms with Crippen molar-refractivity contribution in [1.82, 2.24) is 5.32 Å². The number of carboxylic acids is 1. The molecule has 0 aliphatic heterocycles. The van der Waals surface area contributed by atoms with Crippen molar-refractivity contribution in [1.29, 1.82) is 0 Å². The minimum atomic E-state index is -1.66. The van der Waals surface area contributed by atoms with Crippen LogP contribution >= 0.6 is 23.2 Å². The number of rotatable bonds is 4. The molecule has 1 atom stereocenters. The van der Waals surface area contributed by atoms with E-state index in [9.17, 15) is 9.59 Å². The van der Waals surface area contributed by atoms with Gasteiger partial charge in [-0.1, -0.05) is 23.2 Å². The number of urea groups is 1. The molecule has 0 saturated carbocycles. The van der Waals surface area contributed by atoms with Crippen LogP contribution in [0.4, 0.5) is 10.5 Å². The Morgan fingerprint density at radius 3 is 2.56 bits per heavy atom. The van der Waals surface area contributed by atoms with E-state index >= 15 is 0 Å². The van der Waals surface area contributed by atoms with Crippen LogP contribution in [-0.2, 0) is 4.79 Å². The number of nitrogens with one attached hydrogen (secondary N) is 2. The lowest BCUT2D eigenvalue weighted by Crippen LogP contribution is -2.38. The zero-order valence-electron chi connectivity index (χ0n) is 8.98. The summed E-state index contributed by atoms with van der Waals surface area (Å²) in [6, 6.07) is 3.80. The fraction of sp³-hybridized carbons (Fsp3) is 0.200. The second-order valence-electron chi connectivity index (χ2n) is 3.31. The number of amides is 2. The number of halogens is 2. The number of carboxylic acid groups (broad SMARTS) is 1. The predicted octanol–water partition coefficient (Wildman–Crippen LogP) is 1.56.